The lowest BCUT2D eigenvalue weighted by molar-refractivity contribution is 0.673. The first-order valence-corrected chi connectivity index (χ1v) is 16.7. The molecule has 1 unspecified atom stereocenters. The fraction of sp³-hybridized carbons (Fsp3) is 0.0638. The normalized spacial score (nSPS) is 14.1. The predicted octanol–water partition coefficient (Wildman–Crippen LogP) is 12.6. The molecule has 0 amide bonds. The molecule has 0 bridgehead atoms. The summed E-state index contributed by atoms with van der Waals surface area (Å²) >= 11 is 0. The van der Waals surface area contributed by atoms with Crippen molar-refractivity contribution in [2.45, 2.75) is 13.3 Å². The van der Waals surface area contributed by atoms with Crippen molar-refractivity contribution in [1.82, 2.24) is 0 Å². The van der Waals surface area contributed by atoms with Crippen molar-refractivity contribution in [2.24, 2.45) is 5.92 Å². The second-order valence-corrected chi connectivity index (χ2v) is 13.1. The fourth-order valence-corrected chi connectivity index (χ4v) is 7.90. The van der Waals surface area contributed by atoms with Crippen LogP contribution >= 0.6 is 0 Å². The zero-order chi connectivity index (χ0) is 31.8. The van der Waals surface area contributed by atoms with Gasteiger partial charge >= 0.3 is 0 Å². The number of benzene rings is 8. The molecule has 1 atom stereocenters. The van der Waals surface area contributed by atoms with Gasteiger partial charge in [0.05, 0.1) is 0 Å². The second kappa shape index (κ2) is 10.5. The molecule has 0 saturated carbocycles. The quantitative estimate of drug-likeness (QED) is 0.181. The van der Waals surface area contributed by atoms with Crippen molar-refractivity contribution >= 4 is 54.3 Å². The van der Waals surface area contributed by atoms with Crippen LogP contribution in [0.15, 0.2) is 150 Å². The highest BCUT2D eigenvalue weighted by Gasteiger charge is 2.24. The number of hydrogen-bond acceptors (Lipinski definition) is 1. The molecular formula is C47H30O. The summed E-state index contributed by atoms with van der Waals surface area (Å²) in [6.07, 6.45) is 0.930. The van der Waals surface area contributed by atoms with E-state index >= 15 is 0 Å². The third-order valence-electron chi connectivity index (χ3n) is 10.2. The lowest BCUT2D eigenvalue weighted by Crippen LogP contribution is -2.09. The van der Waals surface area contributed by atoms with Crippen molar-refractivity contribution in [3.05, 3.63) is 157 Å². The molecule has 224 valence electrons. The lowest BCUT2D eigenvalue weighted by atomic mass is 9.78. The van der Waals surface area contributed by atoms with Crippen LogP contribution in [0.25, 0.3) is 87.6 Å². The lowest BCUT2D eigenvalue weighted by Gasteiger charge is -2.24. The SMILES string of the molecule is CC1C#Cc2c(c(-c3ccc4ccccc4c3)c3ccccc3c2-c2cccc(-c3ccc4c(c3)oc3c5ccccc5ccc43)c2)C1. The van der Waals surface area contributed by atoms with Crippen LogP contribution in [0, 0.1) is 17.8 Å². The Labute approximate surface area is 279 Å². The Morgan fingerprint density at radius 2 is 1.15 bits per heavy atom. The summed E-state index contributed by atoms with van der Waals surface area (Å²) in [6.45, 7) is 2.24. The van der Waals surface area contributed by atoms with Gasteiger partial charge in [-0.2, -0.15) is 0 Å². The van der Waals surface area contributed by atoms with Crippen molar-refractivity contribution in [3.8, 4) is 45.2 Å². The molecule has 1 heterocycles. The van der Waals surface area contributed by atoms with Crippen molar-refractivity contribution in [2.75, 3.05) is 0 Å². The minimum Gasteiger partial charge on any atom is -0.455 e. The number of furan rings is 1. The van der Waals surface area contributed by atoms with Gasteiger partial charge in [-0.15, -0.1) is 0 Å². The van der Waals surface area contributed by atoms with E-state index in [1.807, 2.05) is 0 Å². The van der Waals surface area contributed by atoms with Crippen LogP contribution in [-0.4, -0.2) is 0 Å². The molecule has 1 aliphatic rings. The van der Waals surface area contributed by atoms with Gasteiger partial charge in [-0.05, 0) is 97.1 Å². The highest BCUT2D eigenvalue weighted by Crippen LogP contribution is 2.45. The average molecular weight is 611 g/mol. The van der Waals surface area contributed by atoms with Gasteiger partial charge in [0.1, 0.15) is 11.2 Å². The Morgan fingerprint density at radius 3 is 2.02 bits per heavy atom. The molecule has 0 spiro atoms. The predicted molar refractivity (Wildman–Crippen MR) is 202 cm³/mol. The van der Waals surface area contributed by atoms with E-state index < -0.39 is 0 Å². The van der Waals surface area contributed by atoms with Gasteiger partial charge in [0.15, 0.2) is 0 Å². The van der Waals surface area contributed by atoms with E-state index in [1.165, 1.54) is 54.7 Å². The molecule has 10 rings (SSSR count). The Kier molecular flexibility index (Phi) is 5.90. The van der Waals surface area contributed by atoms with E-state index in [2.05, 4.69) is 164 Å². The molecule has 0 fully saturated rings. The summed E-state index contributed by atoms with van der Waals surface area (Å²) in [6, 6.07) is 52.8. The summed E-state index contributed by atoms with van der Waals surface area (Å²) in [5.41, 5.74) is 11.6. The molecule has 8 aromatic carbocycles. The number of rotatable bonds is 3. The van der Waals surface area contributed by atoms with Crippen LogP contribution in [0.3, 0.4) is 0 Å². The van der Waals surface area contributed by atoms with E-state index in [1.54, 1.807) is 0 Å². The summed E-state index contributed by atoms with van der Waals surface area (Å²) < 4.78 is 6.55. The maximum absolute atomic E-state index is 6.55. The van der Waals surface area contributed by atoms with Gasteiger partial charge in [-0.1, -0.05) is 134 Å². The third-order valence-corrected chi connectivity index (χ3v) is 10.2. The van der Waals surface area contributed by atoms with Crippen LogP contribution in [0.2, 0.25) is 0 Å². The Balaban J connectivity index is 1.17. The first-order chi connectivity index (χ1) is 23.7. The topological polar surface area (TPSA) is 13.1 Å². The minimum absolute atomic E-state index is 0.296. The van der Waals surface area contributed by atoms with Crippen LogP contribution in [0.5, 0.6) is 0 Å². The highest BCUT2D eigenvalue weighted by atomic mass is 16.3. The second-order valence-electron chi connectivity index (χ2n) is 13.1. The Hall–Kier alpha value is -6.10. The van der Waals surface area contributed by atoms with Crippen LogP contribution in [0.4, 0.5) is 0 Å². The monoisotopic (exact) mass is 610 g/mol. The highest BCUT2D eigenvalue weighted by molar-refractivity contribution is 6.15. The molecular weight excluding hydrogens is 581 g/mol. The van der Waals surface area contributed by atoms with Crippen LogP contribution < -0.4 is 0 Å². The number of hydrogen-bond donors (Lipinski definition) is 0. The van der Waals surface area contributed by atoms with E-state index in [0.29, 0.717) is 5.92 Å². The molecule has 48 heavy (non-hydrogen) atoms. The summed E-state index contributed by atoms with van der Waals surface area (Å²) in [5, 5.41) is 9.67. The largest absolute Gasteiger partial charge is 0.455 e. The molecule has 0 aliphatic heterocycles. The van der Waals surface area contributed by atoms with Gasteiger partial charge in [0.25, 0.3) is 0 Å². The molecule has 0 radical (unpaired) electrons. The standard InChI is InChI=1S/C47H30O/c1-29-17-22-41-43(25-29)46(36-19-18-30-9-2-3-11-32(30)26-36)40-16-7-6-15-39(40)45(41)35-13-8-12-33(27-35)34-21-23-38-42-24-20-31-10-4-5-14-37(31)47(42)48-44(38)28-34/h2-16,18-21,23-24,26-29H,25H2,1H3. The molecule has 1 nitrogen and oxygen atoms in total. The van der Waals surface area contributed by atoms with Crippen LogP contribution in [-0.2, 0) is 6.42 Å². The maximum atomic E-state index is 6.55. The molecule has 9 aromatic rings. The third kappa shape index (κ3) is 4.13. The molecule has 1 heteroatoms. The summed E-state index contributed by atoms with van der Waals surface area (Å²) in [4.78, 5) is 0. The zero-order valence-corrected chi connectivity index (χ0v) is 26.5. The van der Waals surface area contributed by atoms with Gasteiger partial charge < -0.3 is 4.42 Å². The van der Waals surface area contributed by atoms with Gasteiger partial charge in [0, 0.05) is 33.2 Å². The van der Waals surface area contributed by atoms with Crippen molar-refractivity contribution in [3.63, 3.8) is 0 Å². The molecule has 0 saturated heterocycles. The zero-order valence-electron chi connectivity index (χ0n) is 26.5. The van der Waals surface area contributed by atoms with Gasteiger partial charge in [-0.3, -0.25) is 0 Å². The minimum atomic E-state index is 0.296. The van der Waals surface area contributed by atoms with Crippen molar-refractivity contribution < 1.29 is 4.42 Å². The van der Waals surface area contributed by atoms with Crippen molar-refractivity contribution in [1.29, 1.82) is 0 Å². The Bertz CT molecular complexity index is 2840. The Morgan fingerprint density at radius 1 is 0.500 bits per heavy atom. The smallest absolute Gasteiger partial charge is 0.143 e. The van der Waals surface area contributed by atoms with E-state index in [9.17, 15) is 0 Å². The summed E-state index contributed by atoms with van der Waals surface area (Å²) in [5.74, 6) is 7.51. The summed E-state index contributed by atoms with van der Waals surface area (Å²) in [7, 11) is 0. The average Bonchev–Trinajstić information content (AvgIpc) is 3.52. The molecule has 1 aromatic heterocycles. The fourth-order valence-electron chi connectivity index (χ4n) is 7.90. The van der Waals surface area contributed by atoms with E-state index in [4.69, 9.17) is 4.42 Å². The van der Waals surface area contributed by atoms with E-state index in [-0.39, 0.29) is 0 Å². The van der Waals surface area contributed by atoms with E-state index in [0.717, 1.165) is 50.4 Å². The molecule has 1 aliphatic carbocycles. The number of fused-ring (bicyclic) bond motifs is 8. The van der Waals surface area contributed by atoms with Crippen LogP contribution in [0.1, 0.15) is 18.1 Å². The van der Waals surface area contributed by atoms with Gasteiger partial charge in [-0.25, -0.2) is 0 Å². The molecule has 0 N–H and O–H groups in total. The van der Waals surface area contributed by atoms with Gasteiger partial charge in [0.2, 0.25) is 0 Å². The maximum Gasteiger partial charge on any atom is 0.143 e. The first kappa shape index (κ1) is 27.1. The first-order valence-electron chi connectivity index (χ1n) is 16.7.